The fourth-order valence-corrected chi connectivity index (χ4v) is 2.77. The zero-order valence-corrected chi connectivity index (χ0v) is 13.1. The quantitative estimate of drug-likeness (QED) is 0.410. The van der Waals surface area contributed by atoms with Crippen LogP contribution in [0.25, 0.3) is 32.8 Å². The lowest BCUT2D eigenvalue weighted by Crippen LogP contribution is -1.86. The molecule has 0 atom stereocenters. The Morgan fingerprint density at radius 3 is 2.29 bits per heavy atom. The molecule has 2 heteroatoms. The molecule has 0 saturated carbocycles. The number of pyridine rings is 1. The Morgan fingerprint density at radius 2 is 1.43 bits per heavy atom. The van der Waals surface area contributed by atoms with Crippen LogP contribution < -0.4 is 0 Å². The van der Waals surface area contributed by atoms with E-state index in [1.165, 1.54) is 27.3 Å². The Bertz CT molecular complexity index is 901. The second kappa shape index (κ2) is 5.66. The van der Waals surface area contributed by atoms with Crippen LogP contribution in [0.1, 0.15) is 0 Å². The van der Waals surface area contributed by atoms with Crippen molar-refractivity contribution in [2.45, 2.75) is 0 Å². The van der Waals surface area contributed by atoms with E-state index in [-0.39, 0.29) is 17.0 Å². The molecule has 0 aliphatic rings. The minimum absolute atomic E-state index is 0. The van der Waals surface area contributed by atoms with Gasteiger partial charge in [0.1, 0.15) is 0 Å². The second-order valence-electron chi connectivity index (χ2n) is 4.91. The molecule has 0 aliphatic heterocycles. The van der Waals surface area contributed by atoms with Gasteiger partial charge in [0, 0.05) is 17.0 Å². The Balaban J connectivity index is 0.00000132. The van der Waals surface area contributed by atoms with Crippen molar-refractivity contribution in [2.75, 3.05) is 0 Å². The lowest BCUT2D eigenvalue weighted by Gasteiger charge is -2.09. The highest BCUT2D eigenvalue weighted by Crippen LogP contribution is 2.32. The van der Waals surface area contributed by atoms with E-state index in [1.54, 1.807) is 0 Å². The molecular formula is C19H14BrN. The summed E-state index contributed by atoms with van der Waals surface area (Å²) < 4.78 is 0. The normalized spacial score (nSPS) is 10.5. The van der Waals surface area contributed by atoms with Crippen LogP contribution in [-0.4, -0.2) is 4.98 Å². The number of rotatable bonds is 1. The smallest absolute Gasteiger partial charge is 0.0714 e. The lowest BCUT2D eigenvalue weighted by molar-refractivity contribution is 1.44. The highest BCUT2D eigenvalue weighted by atomic mass is 79.9. The zero-order chi connectivity index (χ0) is 13.4. The van der Waals surface area contributed by atoms with Crippen LogP contribution in [0.15, 0.2) is 79.0 Å². The molecule has 3 aromatic carbocycles. The monoisotopic (exact) mass is 335 g/mol. The van der Waals surface area contributed by atoms with Gasteiger partial charge in [-0.15, -0.1) is 17.0 Å². The number of hydrogen-bond donors (Lipinski definition) is 0. The summed E-state index contributed by atoms with van der Waals surface area (Å²) in [4.78, 5) is 4.60. The molecular weight excluding hydrogens is 322 g/mol. The lowest BCUT2D eigenvalue weighted by atomic mass is 9.97. The summed E-state index contributed by atoms with van der Waals surface area (Å²) in [5, 5.41) is 3.68. The van der Waals surface area contributed by atoms with Crippen molar-refractivity contribution in [3.05, 3.63) is 79.0 Å². The third-order valence-corrected chi connectivity index (χ3v) is 3.70. The Hall–Kier alpha value is -2.19. The summed E-state index contributed by atoms with van der Waals surface area (Å²) >= 11 is 0. The first kappa shape index (κ1) is 13.8. The fraction of sp³-hybridized carbons (Fsp3) is 0. The average molecular weight is 336 g/mol. The largest absolute Gasteiger partial charge is 0.256 e. The van der Waals surface area contributed by atoms with Crippen LogP contribution in [0, 0.1) is 0 Å². The van der Waals surface area contributed by atoms with E-state index < -0.39 is 0 Å². The fourth-order valence-electron chi connectivity index (χ4n) is 2.77. The third kappa shape index (κ3) is 2.32. The molecule has 1 nitrogen and oxygen atoms in total. The van der Waals surface area contributed by atoms with E-state index in [9.17, 15) is 0 Å². The zero-order valence-electron chi connectivity index (χ0n) is 11.4. The van der Waals surface area contributed by atoms with Crippen molar-refractivity contribution in [3.63, 3.8) is 0 Å². The van der Waals surface area contributed by atoms with Gasteiger partial charge < -0.3 is 0 Å². The molecule has 0 aliphatic carbocycles. The number of hydrogen-bond acceptors (Lipinski definition) is 1. The molecule has 4 rings (SSSR count). The van der Waals surface area contributed by atoms with E-state index in [2.05, 4.69) is 71.7 Å². The summed E-state index contributed by atoms with van der Waals surface area (Å²) in [7, 11) is 0. The van der Waals surface area contributed by atoms with Crippen molar-refractivity contribution in [1.29, 1.82) is 0 Å². The van der Waals surface area contributed by atoms with E-state index in [4.69, 9.17) is 0 Å². The Morgan fingerprint density at radius 1 is 0.667 bits per heavy atom. The first-order chi connectivity index (χ1) is 9.93. The van der Waals surface area contributed by atoms with Crippen molar-refractivity contribution in [1.82, 2.24) is 4.98 Å². The molecule has 1 aromatic heterocycles. The van der Waals surface area contributed by atoms with Gasteiger partial charge in [-0.3, -0.25) is 4.98 Å². The van der Waals surface area contributed by atoms with Crippen molar-refractivity contribution in [2.24, 2.45) is 0 Å². The highest BCUT2D eigenvalue weighted by Gasteiger charge is 2.07. The number of nitrogens with zero attached hydrogens (tertiary/aromatic N) is 1. The number of aromatic nitrogens is 1. The van der Waals surface area contributed by atoms with Gasteiger partial charge in [-0.2, -0.15) is 0 Å². The van der Waals surface area contributed by atoms with Gasteiger partial charge in [-0.05, 0) is 22.6 Å². The maximum absolute atomic E-state index is 4.60. The van der Waals surface area contributed by atoms with Gasteiger partial charge >= 0.3 is 0 Å². The molecule has 0 bridgehead atoms. The molecule has 4 aromatic rings. The first-order valence-electron chi connectivity index (χ1n) is 6.75. The Kier molecular flexibility index (Phi) is 3.72. The van der Waals surface area contributed by atoms with Crippen molar-refractivity contribution >= 4 is 38.7 Å². The molecule has 21 heavy (non-hydrogen) atoms. The first-order valence-corrected chi connectivity index (χ1v) is 6.75. The molecule has 0 radical (unpaired) electrons. The van der Waals surface area contributed by atoms with Crippen LogP contribution in [0.4, 0.5) is 0 Å². The average Bonchev–Trinajstić information content (AvgIpc) is 2.55. The van der Waals surface area contributed by atoms with E-state index in [0.717, 1.165) is 5.52 Å². The van der Waals surface area contributed by atoms with Crippen LogP contribution >= 0.6 is 17.0 Å². The molecule has 0 N–H and O–H groups in total. The molecule has 0 fully saturated rings. The van der Waals surface area contributed by atoms with Crippen LogP contribution in [0.2, 0.25) is 0 Å². The minimum atomic E-state index is 0. The van der Waals surface area contributed by atoms with Gasteiger partial charge in [0.25, 0.3) is 0 Å². The van der Waals surface area contributed by atoms with E-state index in [0.29, 0.717) is 0 Å². The SMILES string of the molecule is Br.c1ccc(-c2cccc3ncc4ccccc4c23)cc1. The molecule has 1 heterocycles. The van der Waals surface area contributed by atoms with Gasteiger partial charge in [0.2, 0.25) is 0 Å². The second-order valence-corrected chi connectivity index (χ2v) is 4.91. The highest BCUT2D eigenvalue weighted by molar-refractivity contribution is 8.93. The van der Waals surface area contributed by atoms with Crippen LogP contribution in [-0.2, 0) is 0 Å². The molecule has 0 saturated heterocycles. The van der Waals surface area contributed by atoms with Gasteiger partial charge in [-0.1, -0.05) is 66.7 Å². The van der Waals surface area contributed by atoms with Crippen molar-refractivity contribution < 1.29 is 0 Å². The standard InChI is InChI=1S/C19H13N.BrH/c1-2-7-14(8-3-1)16-11-6-12-18-19(16)17-10-5-4-9-15(17)13-20-18;/h1-13H;1H. The summed E-state index contributed by atoms with van der Waals surface area (Å²) in [5.74, 6) is 0. The van der Waals surface area contributed by atoms with Gasteiger partial charge in [0.15, 0.2) is 0 Å². The summed E-state index contributed by atoms with van der Waals surface area (Å²) in [6.45, 7) is 0. The van der Waals surface area contributed by atoms with Gasteiger partial charge in [-0.25, -0.2) is 0 Å². The predicted octanol–water partition coefficient (Wildman–Crippen LogP) is 5.63. The maximum atomic E-state index is 4.60. The predicted molar refractivity (Wildman–Crippen MR) is 95.0 cm³/mol. The molecule has 102 valence electrons. The minimum Gasteiger partial charge on any atom is -0.256 e. The van der Waals surface area contributed by atoms with E-state index >= 15 is 0 Å². The molecule has 0 amide bonds. The Labute approximate surface area is 134 Å². The number of benzene rings is 3. The van der Waals surface area contributed by atoms with E-state index in [1.807, 2.05) is 12.3 Å². The molecule has 0 unspecified atom stereocenters. The van der Waals surface area contributed by atoms with Gasteiger partial charge in [0.05, 0.1) is 5.52 Å². The number of halogens is 1. The topological polar surface area (TPSA) is 12.9 Å². The van der Waals surface area contributed by atoms with Crippen molar-refractivity contribution in [3.8, 4) is 11.1 Å². The number of fused-ring (bicyclic) bond motifs is 3. The van der Waals surface area contributed by atoms with Crippen LogP contribution in [0.3, 0.4) is 0 Å². The van der Waals surface area contributed by atoms with Crippen LogP contribution in [0.5, 0.6) is 0 Å². The summed E-state index contributed by atoms with van der Waals surface area (Å²) in [5.41, 5.74) is 3.52. The third-order valence-electron chi connectivity index (χ3n) is 3.70. The maximum Gasteiger partial charge on any atom is 0.0714 e. The summed E-state index contributed by atoms with van der Waals surface area (Å²) in [6, 6.07) is 25.3. The molecule has 0 spiro atoms. The summed E-state index contributed by atoms with van der Waals surface area (Å²) in [6.07, 6.45) is 1.95.